The minimum atomic E-state index is -0.0233. The van der Waals surface area contributed by atoms with Gasteiger partial charge in [-0.3, -0.25) is 14.6 Å². The van der Waals surface area contributed by atoms with Crippen LogP contribution in [0, 0.1) is 0 Å². The van der Waals surface area contributed by atoms with Crippen molar-refractivity contribution in [1.82, 2.24) is 30.3 Å². The van der Waals surface area contributed by atoms with E-state index in [-0.39, 0.29) is 12.5 Å². The molecule has 0 atom stereocenters. The Balaban J connectivity index is 1.52. The summed E-state index contributed by atoms with van der Waals surface area (Å²) in [7, 11) is 0. The van der Waals surface area contributed by atoms with Crippen LogP contribution in [0.25, 0.3) is 33.1 Å². The Morgan fingerprint density at radius 2 is 2.19 bits per heavy atom. The van der Waals surface area contributed by atoms with E-state index in [0.717, 1.165) is 40.4 Å². The number of rotatable bonds is 4. The SMILES string of the molecule is Nc1nc2cc(-c3ccn[nH]3)ccc2c2cn(CC(=O)NC3CCC3)nc12. The van der Waals surface area contributed by atoms with Crippen molar-refractivity contribution in [2.45, 2.75) is 31.8 Å². The van der Waals surface area contributed by atoms with E-state index in [1.165, 1.54) is 6.42 Å². The summed E-state index contributed by atoms with van der Waals surface area (Å²) in [5.41, 5.74) is 9.44. The molecule has 1 amide bonds. The summed E-state index contributed by atoms with van der Waals surface area (Å²) in [5.74, 6) is 0.335. The maximum Gasteiger partial charge on any atom is 0.241 e. The maximum atomic E-state index is 12.2. The zero-order valence-corrected chi connectivity index (χ0v) is 14.6. The van der Waals surface area contributed by atoms with Gasteiger partial charge in [-0.25, -0.2) is 4.98 Å². The second-order valence-electron chi connectivity index (χ2n) is 6.98. The molecule has 136 valence electrons. The topological polar surface area (TPSA) is 115 Å². The maximum absolute atomic E-state index is 12.2. The molecule has 5 rings (SSSR count). The van der Waals surface area contributed by atoms with E-state index in [0.29, 0.717) is 17.4 Å². The molecule has 8 heteroatoms. The van der Waals surface area contributed by atoms with Gasteiger partial charge in [-0.1, -0.05) is 12.1 Å². The molecule has 0 bridgehead atoms. The molecule has 0 radical (unpaired) electrons. The van der Waals surface area contributed by atoms with Crippen molar-refractivity contribution >= 4 is 33.5 Å². The summed E-state index contributed by atoms with van der Waals surface area (Å²) in [6, 6.07) is 8.20. The zero-order valence-electron chi connectivity index (χ0n) is 14.6. The second kappa shape index (κ2) is 6.08. The molecule has 3 aromatic heterocycles. The number of pyridine rings is 1. The number of nitrogens with two attached hydrogens (primary N) is 1. The number of hydrogen-bond acceptors (Lipinski definition) is 5. The Morgan fingerprint density at radius 3 is 2.93 bits per heavy atom. The molecule has 3 heterocycles. The number of aromatic nitrogens is 5. The van der Waals surface area contributed by atoms with Gasteiger partial charge in [-0.05, 0) is 31.4 Å². The quantitative estimate of drug-likeness (QED) is 0.516. The van der Waals surface area contributed by atoms with Crippen molar-refractivity contribution in [1.29, 1.82) is 0 Å². The standard InChI is InChI=1S/C19H19N7O/c20-19-18-14(9-26(25-18)10-17(27)22-12-2-1-3-12)13-5-4-11(8-16(13)23-19)15-6-7-21-24-15/h4-9,12H,1-3,10H2,(H2,20,23)(H,21,24)(H,22,27). The Bertz CT molecular complexity index is 1140. The molecule has 0 unspecified atom stereocenters. The number of hydrogen-bond donors (Lipinski definition) is 3. The van der Waals surface area contributed by atoms with Gasteiger partial charge < -0.3 is 11.1 Å². The fourth-order valence-corrected chi connectivity index (χ4v) is 3.48. The Labute approximate surface area is 154 Å². The summed E-state index contributed by atoms with van der Waals surface area (Å²) >= 11 is 0. The lowest BCUT2D eigenvalue weighted by Gasteiger charge is -2.26. The number of aromatic amines is 1. The number of nitrogen functional groups attached to an aromatic ring is 1. The van der Waals surface area contributed by atoms with Crippen LogP contribution in [0.3, 0.4) is 0 Å². The minimum absolute atomic E-state index is 0.0233. The monoisotopic (exact) mass is 361 g/mol. The number of fused-ring (bicyclic) bond motifs is 3. The fraction of sp³-hybridized carbons (Fsp3) is 0.263. The van der Waals surface area contributed by atoms with Crippen LogP contribution in [0.15, 0.2) is 36.7 Å². The number of carbonyl (C=O) groups excluding carboxylic acids is 1. The van der Waals surface area contributed by atoms with Crippen LogP contribution >= 0.6 is 0 Å². The molecule has 1 aliphatic carbocycles. The highest BCUT2D eigenvalue weighted by Crippen LogP contribution is 2.30. The number of nitrogens with zero attached hydrogens (tertiary/aromatic N) is 4. The first-order valence-electron chi connectivity index (χ1n) is 9.03. The van der Waals surface area contributed by atoms with Gasteiger partial charge in [-0.2, -0.15) is 10.2 Å². The first-order chi connectivity index (χ1) is 13.2. The van der Waals surface area contributed by atoms with Crippen LogP contribution in [-0.4, -0.2) is 36.9 Å². The summed E-state index contributed by atoms with van der Waals surface area (Å²) < 4.78 is 1.64. The van der Waals surface area contributed by atoms with Gasteiger partial charge in [-0.15, -0.1) is 0 Å². The lowest BCUT2D eigenvalue weighted by Crippen LogP contribution is -2.41. The van der Waals surface area contributed by atoms with Gasteiger partial charge in [0.1, 0.15) is 12.1 Å². The van der Waals surface area contributed by atoms with Gasteiger partial charge in [0, 0.05) is 34.8 Å². The molecule has 0 spiro atoms. The summed E-state index contributed by atoms with van der Waals surface area (Å²) in [4.78, 5) is 16.7. The van der Waals surface area contributed by atoms with E-state index in [2.05, 4.69) is 25.6 Å². The van der Waals surface area contributed by atoms with Crippen molar-refractivity contribution in [3.8, 4) is 11.3 Å². The third-order valence-corrected chi connectivity index (χ3v) is 5.12. The largest absolute Gasteiger partial charge is 0.382 e. The van der Waals surface area contributed by atoms with Crippen molar-refractivity contribution < 1.29 is 4.79 Å². The van der Waals surface area contributed by atoms with Crippen LogP contribution < -0.4 is 11.1 Å². The highest BCUT2D eigenvalue weighted by atomic mass is 16.2. The summed E-state index contributed by atoms with van der Waals surface area (Å²) in [5, 5.41) is 16.3. The number of amides is 1. The minimum Gasteiger partial charge on any atom is -0.382 e. The molecule has 4 aromatic rings. The van der Waals surface area contributed by atoms with Crippen LogP contribution in [0.1, 0.15) is 19.3 Å². The number of carbonyl (C=O) groups is 1. The molecule has 27 heavy (non-hydrogen) atoms. The van der Waals surface area contributed by atoms with Crippen molar-refractivity contribution in [2.75, 3.05) is 5.73 Å². The Hall–Kier alpha value is -3.42. The van der Waals surface area contributed by atoms with Gasteiger partial charge >= 0.3 is 0 Å². The van der Waals surface area contributed by atoms with Crippen LogP contribution in [0.2, 0.25) is 0 Å². The van der Waals surface area contributed by atoms with Gasteiger partial charge in [0.05, 0.1) is 11.2 Å². The Kier molecular flexibility index (Phi) is 3.56. The number of anilines is 1. The van der Waals surface area contributed by atoms with Crippen molar-refractivity contribution in [3.63, 3.8) is 0 Å². The molecule has 8 nitrogen and oxygen atoms in total. The molecule has 4 N–H and O–H groups in total. The Morgan fingerprint density at radius 1 is 1.30 bits per heavy atom. The van der Waals surface area contributed by atoms with Crippen molar-refractivity contribution in [3.05, 3.63) is 36.7 Å². The highest BCUT2D eigenvalue weighted by molar-refractivity contribution is 6.08. The molecule has 1 aromatic carbocycles. The lowest BCUT2D eigenvalue weighted by atomic mass is 9.93. The van der Waals surface area contributed by atoms with E-state index in [1.807, 2.05) is 30.5 Å². The predicted molar refractivity (Wildman–Crippen MR) is 103 cm³/mol. The summed E-state index contributed by atoms with van der Waals surface area (Å²) in [6.07, 6.45) is 6.89. The van der Waals surface area contributed by atoms with E-state index >= 15 is 0 Å². The average molecular weight is 361 g/mol. The molecule has 1 aliphatic rings. The van der Waals surface area contributed by atoms with E-state index in [9.17, 15) is 4.79 Å². The predicted octanol–water partition coefficient (Wildman–Crippen LogP) is 2.23. The van der Waals surface area contributed by atoms with Crippen molar-refractivity contribution in [2.24, 2.45) is 0 Å². The summed E-state index contributed by atoms with van der Waals surface area (Å²) in [6.45, 7) is 0.179. The van der Waals surface area contributed by atoms with Gasteiger partial charge in [0.25, 0.3) is 0 Å². The third-order valence-electron chi connectivity index (χ3n) is 5.12. The average Bonchev–Trinajstić information content (AvgIpc) is 3.28. The molecular formula is C19H19N7O. The second-order valence-corrected chi connectivity index (χ2v) is 6.98. The zero-order chi connectivity index (χ0) is 18.4. The number of benzene rings is 1. The molecule has 1 fully saturated rings. The smallest absolute Gasteiger partial charge is 0.241 e. The first kappa shape index (κ1) is 15.8. The molecule has 0 aliphatic heterocycles. The van der Waals surface area contributed by atoms with Gasteiger partial charge in [0.15, 0.2) is 5.82 Å². The normalized spacial score (nSPS) is 14.5. The number of nitrogens with one attached hydrogen (secondary N) is 2. The van der Waals surface area contributed by atoms with E-state index < -0.39 is 0 Å². The van der Waals surface area contributed by atoms with Gasteiger partial charge in [0.2, 0.25) is 5.91 Å². The van der Waals surface area contributed by atoms with E-state index in [1.54, 1.807) is 10.9 Å². The first-order valence-corrected chi connectivity index (χ1v) is 9.03. The highest BCUT2D eigenvalue weighted by Gasteiger charge is 2.20. The lowest BCUT2D eigenvalue weighted by molar-refractivity contribution is -0.123. The molecule has 0 saturated heterocycles. The van der Waals surface area contributed by atoms with Crippen LogP contribution in [0.4, 0.5) is 5.82 Å². The van der Waals surface area contributed by atoms with Crippen LogP contribution in [-0.2, 0) is 11.3 Å². The van der Waals surface area contributed by atoms with Crippen LogP contribution in [0.5, 0.6) is 0 Å². The molecular weight excluding hydrogens is 342 g/mol. The number of H-pyrrole nitrogens is 1. The molecule has 1 saturated carbocycles. The third kappa shape index (κ3) is 2.79. The van der Waals surface area contributed by atoms with E-state index in [4.69, 9.17) is 5.73 Å². The fourth-order valence-electron chi connectivity index (χ4n) is 3.48.